The van der Waals surface area contributed by atoms with E-state index in [1.807, 2.05) is 0 Å². The lowest BCUT2D eigenvalue weighted by molar-refractivity contribution is -0.132. The van der Waals surface area contributed by atoms with Gasteiger partial charge in [-0.25, -0.2) is 0 Å². The van der Waals surface area contributed by atoms with Crippen molar-refractivity contribution in [3.8, 4) is 17.2 Å². The van der Waals surface area contributed by atoms with Gasteiger partial charge >= 0.3 is 5.97 Å². The molecule has 0 fully saturated rings. The van der Waals surface area contributed by atoms with E-state index >= 15 is 0 Å². The van der Waals surface area contributed by atoms with Crippen LogP contribution in [0.25, 0.3) is 0 Å². The predicted molar refractivity (Wildman–Crippen MR) is 60.9 cm³/mol. The van der Waals surface area contributed by atoms with Gasteiger partial charge < -0.3 is 14.2 Å². The average Bonchev–Trinajstić information content (AvgIpc) is 2.27. The van der Waals surface area contributed by atoms with Crippen LogP contribution in [0.5, 0.6) is 17.2 Å². The molecule has 1 rings (SSSR count). The lowest BCUT2D eigenvalue weighted by Crippen LogP contribution is -2.07. The van der Waals surface area contributed by atoms with Crippen LogP contribution in [0, 0.1) is 0 Å². The SMILES string of the molecule is COc1ccc(C(C)=O)c(OC)c1OC(C)=O. The van der Waals surface area contributed by atoms with E-state index in [0.29, 0.717) is 11.3 Å². The van der Waals surface area contributed by atoms with Gasteiger partial charge in [-0.1, -0.05) is 0 Å². The minimum atomic E-state index is -0.512. The van der Waals surface area contributed by atoms with Gasteiger partial charge in [0.15, 0.2) is 17.3 Å². The highest BCUT2D eigenvalue weighted by Gasteiger charge is 2.20. The highest BCUT2D eigenvalue weighted by molar-refractivity contribution is 5.98. The van der Waals surface area contributed by atoms with Gasteiger partial charge in [0, 0.05) is 6.92 Å². The Morgan fingerprint density at radius 2 is 1.65 bits per heavy atom. The van der Waals surface area contributed by atoms with E-state index < -0.39 is 5.97 Å². The summed E-state index contributed by atoms with van der Waals surface area (Å²) in [6, 6.07) is 3.12. The molecule has 0 bridgehead atoms. The second kappa shape index (κ2) is 5.34. The topological polar surface area (TPSA) is 61.8 Å². The minimum Gasteiger partial charge on any atom is -0.493 e. The first-order chi connectivity index (χ1) is 8.01. The van der Waals surface area contributed by atoms with Gasteiger partial charge in [0.05, 0.1) is 19.8 Å². The van der Waals surface area contributed by atoms with Gasteiger partial charge in [0.25, 0.3) is 0 Å². The summed E-state index contributed by atoms with van der Waals surface area (Å²) in [4.78, 5) is 22.4. The molecule has 5 nitrogen and oxygen atoms in total. The first kappa shape index (κ1) is 13.0. The van der Waals surface area contributed by atoms with Crippen LogP contribution in [0.15, 0.2) is 12.1 Å². The monoisotopic (exact) mass is 238 g/mol. The highest BCUT2D eigenvalue weighted by Crippen LogP contribution is 2.40. The Morgan fingerprint density at radius 3 is 2.06 bits per heavy atom. The fourth-order valence-corrected chi connectivity index (χ4v) is 1.43. The van der Waals surface area contributed by atoms with Crippen LogP contribution in [0.3, 0.4) is 0 Å². The normalized spacial score (nSPS) is 9.65. The molecule has 0 aliphatic heterocycles. The second-order valence-electron chi connectivity index (χ2n) is 3.33. The summed E-state index contributed by atoms with van der Waals surface area (Å²) in [6.45, 7) is 2.67. The van der Waals surface area contributed by atoms with E-state index in [4.69, 9.17) is 14.2 Å². The molecule has 17 heavy (non-hydrogen) atoms. The van der Waals surface area contributed by atoms with E-state index in [9.17, 15) is 9.59 Å². The summed E-state index contributed by atoms with van der Waals surface area (Å²) in [7, 11) is 2.84. The quantitative estimate of drug-likeness (QED) is 0.455. The number of esters is 1. The molecule has 0 spiro atoms. The third kappa shape index (κ3) is 2.75. The summed E-state index contributed by atoms with van der Waals surface area (Å²) in [6.07, 6.45) is 0. The molecule has 0 unspecified atom stereocenters. The van der Waals surface area contributed by atoms with Crippen molar-refractivity contribution in [3.63, 3.8) is 0 Å². The van der Waals surface area contributed by atoms with E-state index in [1.54, 1.807) is 12.1 Å². The molecule has 0 saturated carbocycles. The van der Waals surface area contributed by atoms with Crippen LogP contribution in [0.2, 0.25) is 0 Å². The molecule has 0 aliphatic carbocycles. The molecule has 1 aromatic rings. The lowest BCUT2D eigenvalue weighted by Gasteiger charge is -2.14. The van der Waals surface area contributed by atoms with Crippen molar-refractivity contribution < 1.29 is 23.8 Å². The Morgan fingerprint density at radius 1 is 1.00 bits per heavy atom. The van der Waals surface area contributed by atoms with Crippen molar-refractivity contribution in [1.82, 2.24) is 0 Å². The van der Waals surface area contributed by atoms with Gasteiger partial charge in [-0.3, -0.25) is 9.59 Å². The summed E-state index contributed by atoms with van der Waals surface area (Å²) >= 11 is 0. The van der Waals surface area contributed by atoms with Crippen LogP contribution in [0.1, 0.15) is 24.2 Å². The van der Waals surface area contributed by atoms with Crippen molar-refractivity contribution in [3.05, 3.63) is 17.7 Å². The van der Waals surface area contributed by atoms with Crippen LogP contribution in [-0.4, -0.2) is 26.0 Å². The van der Waals surface area contributed by atoms with Crippen molar-refractivity contribution >= 4 is 11.8 Å². The number of rotatable bonds is 4. The van der Waals surface area contributed by atoms with E-state index in [1.165, 1.54) is 28.1 Å². The molecular weight excluding hydrogens is 224 g/mol. The smallest absolute Gasteiger partial charge is 0.308 e. The molecule has 0 atom stereocenters. The third-order valence-corrected chi connectivity index (χ3v) is 2.13. The zero-order valence-corrected chi connectivity index (χ0v) is 10.2. The van der Waals surface area contributed by atoms with Crippen LogP contribution < -0.4 is 14.2 Å². The van der Waals surface area contributed by atoms with E-state index in [2.05, 4.69) is 0 Å². The molecule has 1 aromatic carbocycles. The van der Waals surface area contributed by atoms with Gasteiger partial charge in [-0.05, 0) is 19.1 Å². The highest BCUT2D eigenvalue weighted by atomic mass is 16.6. The first-order valence-electron chi connectivity index (χ1n) is 4.95. The number of Topliss-reactive ketones (excluding diaryl/α,β-unsaturated/α-hetero) is 1. The van der Waals surface area contributed by atoms with Crippen LogP contribution in [-0.2, 0) is 4.79 Å². The zero-order valence-electron chi connectivity index (χ0n) is 10.2. The first-order valence-corrected chi connectivity index (χ1v) is 4.95. The molecule has 92 valence electrons. The summed E-state index contributed by atoms with van der Waals surface area (Å²) in [5, 5.41) is 0. The summed E-state index contributed by atoms with van der Waals surface area (Å²) in [5.74, 6) is -0.0375. The van der Waals surface area contributed by atoms with Crippen molar-refractivity contribution in [2.45, 2.75) is 13.8 Å². The number of carbonyl (C=O) groups is 2. The lowest BCUT2D eigenvalue weighted by atomic mass is 10.1. The largest absolute Gasteiger partial charge is 0.493 e. The minimum absolute atomic E-state index is 0.121. The third-order valence-electron chi connectivity index (χ3n) is 2.13. The Bertz CT molecular complexity index is 450. The van der Waals surface area contributed by atoms with Gasteiger partial charge in [-0.15, -0.1) is 0 Å². The zero-order chi connectivity index (χ0) is 13.0. The number of ether oxygens (including phenoxy) is 3. The second-order valence-corrected chi connectivity index (χ2v) is 3.33. The van der Waals surface area contributed by atoms with Crippen LogP contribution in [0.4, 0.5) is 0 Å². The number of hydrogen-bond donors (Lipinski definition) is 0. The Kier molecular flexibility index (Phi) is 4.09. The maximum atomic E-state index is 11.4. The molecular formula is C12H14O5. The van der Waals surface area contributed by atoms with Gasteiger partial charge in [-0.2, -0.15) is 0 Å². The van der Waals surface area contributed by atoms with Crippen LogP contribution >= 0.6 is 0 Å². The maximum absolute atomic E-state index is 11.4. The fourth-order valence-electron chi connectivity index (χ4n) is 1.43. The molecule has 5 heteroatoms. The molecule has 0 N–H and O–H groups in total. The molecule has 0 amide bonds. The molecule has 0 aliphatic rings. The molecule has 0 radical (unpaired) electrons. The standard InChI is InChI=1S/C12H14O5/c1-7(13)9-5-6-10(15-3)12(11(9)16-4)17-8(2)14/h5-6H,1-4H3. The van der Waals surface area contributed by atoms with Crippen molar-refractivity contribution in [2.75, 3.05) is 14.2 Å². The van der Waals surface area contributed by atoms with E-state index in [0.717, 1.165) is 0 Å². The van der Waals surface area contributed by atoms with Crippen molar-refractivity contribution in [2.24, 2.45) is 0 Å². The molecule has 0 heterocycles. The number of hydrogen-bond acceptors (Lipinski definition) is 5. The summed E-state index contributed by atoms with van der Waals surface area (Å²) < 4.78 is 15.2. The average molecular weight is 238 g/mol. The predicted octanol–water partition coefficient (Wildman–Crippen LogP) is 1.83. The Hall–Kier alpha value is -2.04. The van der Waals surface area contributed by atoms with Gasteiger partial charge in [0.1, 0.15) is 0 Å². The number of carbonyl (C=O) groups excluding carboxylic acids is 2. The Labute approximate surface area is 99.3 Å². The summed E-state index contributed by atoms with van der Waals surface area (Å²) in [5.41, 5.74) is 0.338. The number of ketones is 1. The molecule has 0 aromatic heterocycles. The van der Waals surface area contributed by atoms with Gasteiger partial charge in [0.2, 0.25) is 5.75 Å². The number of benzene rings is 1. The molecule has 0 saturated heterocycles. The number of methoxy groups -OCH3 is 2. The van der Waals surface area contributed by atoms with E-state index in [-0.39, 0.29) is 17.3 Å². The fraction of sp³-hybridized carbons (Fsp3) is 0.333. The maximum Gasteiger partial charge on any atom is 0.308 e. The Balaban J connectivity index is 3.42. The van der Waals surface area contributed by atoms with Crippen molar-refractivity contribution in [1.29, 1.82) is 0 Å².